The van der Waals surface area contributed by atoms with Crippen LogP contribution in [0, 0.1) is 0 Å². The minimum Gasteiger partial charge on any atom is -0.255 e. The van der Waals surface area contributed by atoms with E-state index in [0.29, 0.717) is 9.60 Å². The van der Waals surface area contributed by atoms with Crippen LogP contribution in [0.1, 0.15) is 17.0 Å². The Balaban J connectivity index is 1.93. The Bertz CT molecular complexity index is 754. The molecule has 20 heavy (non-hydrogen) atoms. The van der Waals surface area contributed by atoms with Crippen molar-refractivity contribution in [1.29, 1.82) is 0 Å². The van der Waals surface area contributed by atoms with Gasteiger partial charge in [0.15, 0.2) is 5.13 Å². The van der Waals surface area contributed by atoms with Crippen molar-refractivity contribution in [2.24, 2.45) is 0 Å². The number of pyridine rings is 1. The molecule has 0 bridgehead atoms. The van der Waals surface area contributed by atoms with E-state index in [0.717, 1.165) is 29.8 Å². The normalized spacial score (nSPS) is 14.3. The Morgan fingerprint density at radius 3 is 2.95 bits per heavy atom. The number of nitrogens with one attached hydrogen (secondary N) is 1. The van der Waals surface area contributed by atoms with Crippen LogP contribution >= 0.6 is 38.9 Å². The first-order valence-corrected chi connectivity index (χ1v) is 9.25. The molecule has 0 fully saturated rings. The van der Waals surface area contributed by atoms with Gasteiger partial charge in [0.1, 0.15) is 10.0 Å². The van der Waals surface area contributed by atoms with Crippen molar-refractivity contribution in [2.45, 2.75) is 24.2 Å². The van der Waals surface area contributed by atoms with Gasteiger partial charge in [0.2, 0.25) is 0 Å². The van der Waals surface area contributed by atoms with E-state index >= 15 is 0 Å². The van der Waals surface area contributed by atoms with Crippen LogP contribution in [0.25, 0.3) is 0 Å². The molecule has 106 valence electrons. The van der Waals surface area contributed by atoms with Crippen molar-refractivity contribution in [3.05, 3.63) is 32.5 Å². The largest absolute Gasteiger partial charge is 0.266 e. The molecule has 2 aromatic heterocycles. The van der Waals surface area contributed by atoms with E-state index in [1.54, 1.807) is 0 Å². The topological polar surface area (TPSA) is 72.0 Å². The smallest absolute Gasteiger partial charge is 0.255 e. The molecule has 2 aromatic rings. The highest BCUT2D eigenvalue weighted by Gasteiger charge is 2.23. The molecule has 9 heteroatoms. The maximum Gasteiger partial charge on any atom is 0.266 e. The van der Waals surface area contributed by atoms with Crippen molar-refractivity contribution in [2.75, 3.05) is 4.72 Å². The molecule has 1 N–H and O–H groups in total. The molecule has 0 radical (unpaired) electrons. The van der Waals surface area contributed by atoms with Gasteiger partial charge in [0.05, 0.1) is 5.69 Å². The Morgan fingerprint density at radius 2 is 2.20 bits per heavy atom. The number of aryl methyl sites for hydroxylation is 2. The van der Waals surface area contributed by atoms with Crippen LogP contribution in [-0.2, 0) is 22.9 Å². The molecule has 0 saturated carbocycles. The molecule has 1 aliphatic rings. The Hall–Kier alpha value is -0.700. The predicted molar refractivity (Wildman–Crippen MR) is 81.9 cm³/mol. The van der Waals surface area contributed by atoms with Gasteiger partial charge in [0.25, 0.3) is 10.0 Å². The minimum absolute atomic E-state index is 0.0650. The molecular weight excluding hydrogens is 386 g/mol. The maximum atomic E-state index is 12.3. The summed E-state index contributed by atoms with van der Waals surface area (Å²) in [5.41, 5.74) is 0.992. The number of anilines is 1. The van der Waals surface area contributed by atoms with Gasteiger partial charge in [-0.2, -0.15) is 0 Å². The monoisotopic (exact) mass is 393 g/mol. The summed E-state index contributed by atoms with van der Waals surface area (Å²) in [4.78, 5) is 9.21. The lowest BCUT2D eigenvalue weighted by Crippen LogP contribution is -2.14. The summed E-state index contributed by atoms with van der Waals surface area (Å²) in [7, 11) is -3.78. The lowest BCUT2D eigenvalue weighted by molar-refractivity contribution is 0.600. The summed E-state index contributed by atoms with van der Waals surface area (Å²) >= 11 is 10.4. The second-order valence-electron chi connectivity index (χ2n) is 4.29. The third-order valence-corrected chi connectivity index (χ3v) is 6.28. The minimum atomic E-state index is -3.78. The zero-order valence-electron chi connectivity index (χ0n) is 10.1. The molecule has 1 aliphatic carbocycles. The summed E-state index contributed by atoms with van der Waals surface area (Å²) in [6.07, 6.45) is 4.41. The molecule has 3 rings (SSSR count). The van der Waals surface area contributed by atoms with E-state index in [1.165, 1.54) is 23.6 Å². The van der Waals surface area contributed by atoms with E-state index in [-0.39, 0.29) is 10.0 Å². The lowest BCUT2D eigenvalue weighted by Gasteiger charge is -2.06. The quantitative estimate of drug-likeness (QED) is 0.811. The number of hydrogen-bond donors (Lipinski definition) is 1. The summed E-state index contributed by atoms with van der Waals surface area (Å²) in [5.74, 6) is 0. The summed E-state index contributed by atoms with van der Waals surface area (Å²) in [6.45, 7) is 0. The van der Waals surface area contributed by atoms with Crippen molar-refractivity contribution < 1.29 is 8.42 Å². The standard InChI is InChI=1S/C11H9BrClN3O2S2/c12-6-4-9(10(13)14-5-6)20(17,18)16-11-15-7-2-1-3-8(7)19-11/h4-5H,1-3H2,(H,15,16). The Labute approximate surface area is 133 Å². The number of fused-ring (bicyclic) bond motifs is 1. The average Bonchev–Trinajstić information content (AvgIpc) is 2.92. The van der Waals surface area contributed by atoms with Crippen LogP contribution in [0.15, 0.2) is 21.6 Å². The first-order valence-electron chi connectivity index (χ1n) is 5.78. The number of sulfonamides is 1. The third-order valence-electron chi connectivity index (χ3n) is 2.88. The average molecular weight is 395 g/mol. The molecule has 0 spiro atoms. The van der Waals surface area contributed by atoms with Crippen molar-refractivity contribution >= 4 is 54.0 Å². The van der Waals surface area contributed by atoms with Crippen LogP contribution < -0.4 is 4.72 Å². The summed E-state index contributed by atoms with van der Waals surface area (Å²) in [5, 5.41) is 0.315. The van der Waals surface area contributed by atoms with Gasteiger partial charge < -0.3 is 0 Å². The first-order chi connectivity index (χ1) is 9.45. The zero-order chi connectivity index (χ0) is 14.3. The highest BCUT2D eigenvalue weighted by molar-refractivity contribution is 9.10. The molecule has 0 amide bonds. The number of rotatable bonds is 3. The molecule has 2 heterocycles. The van der Waals surface area contributed by atoms with Crippen molar-refractivity contribution in [1.82, 2.24) is 9.97 Å². The number of halogens is 2. The molecule has 0 aromatic carbocycles. The fourth-order valence-corrected chi connectivity index (χ4v) is 5.23. The van der Waals surface area contributed by atoms with E-state index in [4.69, 9.17) is 11.6 Å². The molecule has 5 nitrogen and oxygen atoms in total. The van der Waals surface area contributed by atoms with Gasteiger partial charge in [-0.1, -0.05) is 11.6 Å². The van der Waals surface area contributed by atoms with Gasteiger partial charge in [0, 0.05) is 15.5 Å². The Morgan fingerprint density at radius 1 is 1.40 bits per heavy atom. The first kappa shape index (κ1) is 14.2. The van der Waals surface area contributed by atoms with E-state index < -0.39 is 10.0 Å². The van der Waals surface area contributed by atoms with Crippen LogP contribution in [0.3, 0.4) is 0 Å². The number of nitrogens with zero attached hydrogens (tertiary/aromatic N) is 2. The van der Waals surface area contributed by atoms with Gasteiger partial charge >= 0.3 is 0 Å². The zero-order valence-corrected chi connectivity index (χ0v) is 14.0. The molecule has 0 saturated heterocycles. The molecular formula is C11H9BrClN3O2S2. The molecule has 0 unspecified atom stereocenters. The Kier molecular flexibility index (Phi) is 3.74. The van der Waals surface area contributed by atoms with Gasteiger partial charge in [-0.05, 0) is 41.3 Å². The van der Waals surface area contributed by atoms with Gasteiger partial charge in [-0.25, -0.2) is 18.4 Å². The van der Waals surface area contributed by atoms with Crippen molar-refractivity contribution in [3.8, 4) is 0 Å². The van der Waals surface area contributed by atoms with Crippen LogP contribution in [-0.4, -0.2) is 18.4 Å². The number of hydrogen-bond acceptors (Lipinski definition) is 5. The SMILES string of the molecule is O=S(=O)(Nc1nc2c(s1)CCC2)c1cc(Br)cnc1Cl. The predicted octanol–water partition coefficient (Wildman–Crippen LogP) is 3.24. The number of thiazole rings is 1. The van der Waals surface area contributed by atoms with Crippen LogP contribution in [0.5, 0.6) is 0 Å². The maximum absolute atomic E-state index is 12.3. The van der Waals surface area contributed by atoms with Crippen molar-refractivity contribution in [3.63, 3.8) is 0 Å². The lowest BCUT2D eigenvalue weighted by atomic mass is 10.4. The van der Waals surface area contributed by atoms with Gasteiger partial charge in [-0.3, -0.25) is 4.72 Å². The number of aromatic nitrogens is 2. The molecule has 0 atom stereocenters. The van der Waals surface area contributed by atoms with Crippen LogP contribution in [0.4, 0.5) is 5.13 Å². The van der Waals surface area contributed by atoms with E-state index in [9.17, 15) is 8.42 Å². The fourth-order valence-electron chi connectivity index (χ4n) is 2.00. The van der Waals surface area contributed by atoms with Gasteiger partial charge in [-0.15, -0.1) is 11.3 Å². The summed E-state index contributed by atoms with van der Waals surface area (Å²) in [6, 6.07) is 1.42. The van der Waals surface area contributed by atoms with E-state index in [2.05, 4.69) is 30.6 Å². The van der Waals surface area contributed by atoms with E-state index in [1.807, 2.05) is 0 Å². The highest BCUT2D eigenvalue weighted by Crippen LogP contribution is 2.32. The third kappa shape index (κ3) is 2.69. The molecule has 0 aliphatic heterocycles. The fraction of sp³-hybridized carbons (Fsp3) is 0.273. The summed E-state index contributed by atoms with van der Waals surface area (Å²) < 4.78 is 27.6. The second-order valence-corrected chi connectivity index (χ2v) is 8.30. The highest BCUT2D eigenvalue weighted by atomic mass is 79.9. The van der Waals surface area contributed by atoms with Crippen LogP contribution in [0.2, 0.25) is 5.15 Å². The second kappa shape index (κ2) is 5.25.